The van der Waals surface area contributed by atoms with Gasteiger partial charge in [0, 0.05) is 16.7 Å². The summed E-state index contributed by atoms with van der Waals surface area (Å²) >= 11 is 0. The van der Waals surface area contributed by atoms with Crippen LogP contribution < -0.4 is 0 Å². The molecular weight excluding hydrogens is 412 g/mol. The SMILES string of the molecule is Cc1cc(C)cc(C2=N/C3=C\C[C@](C)(CCc4cccc(C)c43)c3c(C)cc(C)cc3C2=N)c1. The van der Waals surface area contributed by atoms with Crippen LogP contribution in [0.5, 0.6) is 0 Å². The molecule has 0 radical (unpaired) electrons. The van der Waals surface area contributed by atoms with E-state index in [1.165, 1.54) is 44.5 Å². The second-order valence-corrected chi connectivity index (χ2v) is 10.7. The van der Waals surface area contributed by atoms with Crippen LogP contribution in [-0.2, 0) is 11.8 Å². The first-order valence-corrected chi connectivity index (χ1v) is 12.3. The minimum atomic E-state index is -0.0560. The van der Waals surface area contributed by atoms with Gasteiger partial charge >= 0.3 is 0 Å². The number of nitrogens with zero attached hydrogens (tertiary/aromatic N) is 1. The molecule has 2 nitrogen and oxygen atoms in total. The maximum absolute atomic E-state index is 9.55. The van der Waals surface area contributed by atoms with Crippen molar-refractivity contribution in [1.82, 2.24) is 0 Å². The standard InChI is InChI=1S/C32H34N2/c1-19-14-20(2)17-25(16-19)31-30(33)26-18-21(3)15-23(5)29(26)32(6)12-10-24-9-7-8-22(4)28(24)27(34-31)11-13-32/h7-9,11,14-18,33H,10,12-13H2,1-6H3/b27-11-,33-30?,34-31?/t32-/m0/s1. The molecule has 0 spiro atoms. The first-order chi connectivity index (χ1) is 16.2. The molecule has 1 atom stereocenters. The van der Waals surface area contributed by atoms with Crippen molar-refractivity contribution in [3.05, 3.63) is 110 Å². The molecule has 1 heterocycles. The van der Waals surface area contributed by atoms with Crippen LogP contribution in [0.3, 0.4) is 0 Å². The topological polar surface area (TPSA) is 36.2 Å². The third-order valence-electron chi connectivity index (χ3n) is 7.62. The Bertz CT molecular complexity index is 1380. The normalized spacial score (nSPS) is 21.2. The van der Waals surface area contributed by atoms with Crippen LogP contribution in [-0.4, -0.2) is 11.4 Å². The first kappa shape index (κ1) is 22.5. The van der Waals surface area contributed by atoms with Crippen LogP contribution in [0.2, 0.25) is 0 Å². The monoisotopic (exact) mass is 446 g/mol. The van der Waals surface area contributed by atoms with E-state index >= 15 is 0 Å². The quantitative estimate of drug-likeness (QED) is 0.397. The fraction of sp³-hybridized carbons (Fsp3) is 0.312. The Kier molecular flexibility index (Phi) is 5.43. The molecular formula is C32H34N2. The molecule has 0 fully saturated rings. The molecule has 5 rings (SSSR count). The zero-order chi connectivity index (χ0) is 24.2. The Morgan fingerprint density at radius 3 is 2.29 bits per heavy atom. The van der Waals surface area contributed by atoms with E-state index in [0.717, 1.165) is 41.8 Å². The van der Waals surface area contributed by atoms with E-state index in [1.54, 1.807) is 0 Å². The van der Waals surface area contributed by atoms with Gasteiger partial charge in [-0.3, -0.25) is 5.41 Å². The van der Waals surface area contributed by atoms with Crippen molar-refractivity contribution < 1.29 is 0 Å². The van der Waals surface area contributed by atoms with Gasteiger partial charge in [-0.1, -0.05) is 60.0 Å². The Labute approximate surface area is 204 Å². The van der Waals surface area contributed by atoms with E-state index in [9.17, 15) is 5.41 Å². The van der Waals surface area contributed by atoms with Gasteiger partial charge in [-0.2, -0.15) is 0 Å². The third-order valence-corrected chi connectivity index (χ3v) is 7.62. The minimum Gasteiger partial charge on any atom is -0.298 e. The Morgan fingerprint density at radius 2 is 1.56 bits per heavy atom. The van der Waals surface area contributed by atoms with Crippen molar-refractivity contribution in [3.63, 3.8) is 0 Å². The van der Waals surface area contributed by atoms with E-state index in [2.05, 4.69) is 96.1 Å². The van der Waals surface area contributed by atoms with Crippen molar-refractivity contribution in [1.29, 1.82) is 5.41 Å². The fourth-order valence-electron chi connectivity index (χ4n) is 6.16. The molecule has 2 heteroatoms. The van der Waals surface area contributed by atoms with E-state index in [1.807, 2.05) is 0 Å². The summed E-state index contributed by atoms with van der Waals surface area (Å²) in [6.45, 7) is 13.2. The summed E-state index contributed by atoms with van der Waals surface area (Å²) in [4.78, 5) is 5.33. The smallest absolute Gasteiger partial charge is 0.0965 e. The van der Waals surface area contributed by atoms with Crippen LogP contribution in [0.4, 0.5) is 0 Å². The molecule has 2 bridgehead atoms. The Balaban J connectivity index is 1.89. The van der Waals surface area contributed by atoms with Gasteiger partial charge in [0.15, 0.2) is 0 Å². The van der Waals surface area contributed by atoms with Crippen molar-refractivity contribution in [2.75, 3.05) is 0 Å². The summed E-state index contributed by atoms with van der Waals surface area (Å²) in [5.74, 6) is 0. The van der Waals surface area contributed by atoms with Gasteiger partial charge < -0.3 is 0 Å². The third kappa shape index (κ3) is 3.76. The summed E-state index contributed by atoms with van der Waals surface area (Å²) in [5.41, 5.74) is 14.4. The van der Waals surface area contributed by atoms with E-state index < -0.39 is 0 Å². The summed E-state index contributed by atoms with van der Waals surface area (Å²) in [5, 5.41) is 9.55. The van der Waals surface area contributed by atoms with Gasteiger partial charge in [0.1, 0.15) is 0 Å². The molecule has 1 N–H and O–H groups in total. The second kappa shape index (κ2) is 8.20. The number of fused-ring (bicyclic) bond motifs is 6. The molecule has 3 aromatic carbocycles. The van der Waals surface area contributed by atoms with Crippen molar-refractivity contribution in [2.24, 2.45) is 4.99 Å². The van der Waals surface area contributed by atoms with Gasteiger partial charge in [0.25, 0.3) is 0 Å². The molecule has 172 valence electrons. The average molecular weight is 447 g/mol. The highest BCUT2D eigenvalue weighted by atomic mass is 14.8. The van der Waals surface area contributed by atoms with Gasteiger partial charge in [-0.25, -0.2) is 4.99 Å². The van der Waals surface area contributed by atoms with Gasteiger partial charge in [0.05, 0.1) is 17.1 Å². The summed E-state index contributed by atoms with van der Waals surface area (Å²) < 4.78 is 0. The lowest BCUT2D eigenvalue weighted by molar-refractivity contribution is 0.434. The average Bonchev–Trinajstić information content (AvgIpc) is 2.78. The van der Waals surface area contributed by atoms with Crippen molar-refractivity contribution in [2.45, 2.75) is 66.2 Å². The maximum atomic E-state index is 9.55. The van der Waals surface area contributed by atoms with Gasteiger partial charge in [0.2, 0.25) is 0 Å². The van der Waals surface area contributed by atoms with E-state index in [0.29, 0.717) is 5.71 Å². The minimum absolute atomic E-state index is 0.0560. The molecule has 3 aromatic rings. The number of allylic oxidation sites excluding steroid dienone is 1. The second-order valence-electron chi connectivity index (χ2n) is 10.7. The van der Waals surface area contributed by atoms with Crippen LogP contribution in [0.1, 0.15) is 75.4 Å². The molecule has 1 aliphatic heterocycles. The number of hydrogen-bond acceptors (Lipinski definition) is 2. The lowest BCUT2D eigenvalue weighted by Crippen LogP contribution is -2.28. The van der Waals surface area contributed by atoms with E-state index in [-0.39, 0.29) is 5.41 Å². The highest BCUT2D eigenvalue weighted by molar-refractivity contribution is 6.53. The van der Waals surface area contributed by atoms with Crippen LogP contribution >= 0.6 is 0 Å². The molecule has 2 aliphatic rings. The largest absolute Gasteiger partial charge is 0.298 e. The molecule has 0 saturated carbocycles. The molecule has 0 saturated heterocycles. The number of rotatable bonds is 1. The molecule has 0 amide bonds. The highest BCUT2D eigenvalue weighted by Crippen LogP contribution is 2.43. The molecule has 0 aromatic heterocycles. The van der Waals surface area contributed by atoms with Gasteiger partial charge in [-0.15, -0.1) is 0 Å². The first-order valence-electron chi connectivity index (χ1n) is 12.3. The zero-order valence-corrected chi connectivity index (χ0v) is 21.3. The van der Waals surface area contributed by atoms with E-state index in [4.69, 9.17) is 4.99 Å². The van der Waals surface area contributed by atoms with Crippen LogP contribution in [0.25, 0.3) is 5.70 Å². The van der Waals surface area contributed by atoms with Crippen molar-refractivity contribution in [3.8, 4) is 0 Å². The molecule has 34 heavy (non-hydrogen) atoms. The highest BCUT2D eigenvalue weighted by Gasteiger charge is 2.35. The molecule has 0 unspecified atom stereocenters. The lowest BCUT2D eigenvalue weighted by Gasteiger charge is -2.34. The maximum Gasteiger partial charge on any atom is 0.0965 e. The van der Waals surface area contributed by atoms with Crippen LogP contribution in [0, 0.1) is 40.0 Å². The number of aryl methyl sites for hydroxylation is 6. The molecule has 1 aliphatic carbocycles. The number of benzene rings is 3. The van der Waals surface area contributed by atoms with Crippen molar-refractivity contribution >= 4 is 17.1 Å². The van der Waals surface area contributed by atoms with Gasteiger partial charge in [-0.05, 0) is 99.7 Å². The Morgan fingerprint density at radius 1 is 0.853 bits per heavy atom. The lowest BCUT2D eigenvalue weighted by atomic mass is 9.69. The zero-order valence-electron chi connectivity index (χ0n) is 21.3. The number of aliphatic imine (C=N–C) groups is 1. The summed E-state index contributed by atoms with van der Waals surface area (Å²) in [7, 11) is 0. The fourth-order valence-corrected chi connectivity index (χ4v) is 6.16. The summed E-state index contributed by atoms with van der Waals surface area (Å²) in [6, 6.07) is 17.7. The van der Waals surface area contributed by atoms with Crippen LogP contribution in [0.15, 0.2) is 59.6 Å². The number of nitrogens with one attached hydrogen (secondary N) is 1. The number of hydrogen-bond donors (Lipinski definition) is 1. The predicted molar refractivity (Wildman–Crippen MR) is 145 cm³/mol. The predicted octanol–water partition coefficient (Wildman–Crippen LogP) is 7.73. The summed E-state index contributed by atoms with van der Waals surface area (Å²) in [6.07, 6.45) is 5.33. The Hall–Kier alpha value is -3.26.